The molecule has 4 aliphatic carbocycles. The number of primary amides is 1. The van der Waals surface area contributed by atoms with Gasteiger partial charge in [-0.05, 0) is 130 Å². The van der Waals surface area contributed by atoms with Crippen LogP contribution < -0.4 is 16.0 Å². The number of benzene rings is 1. The second-order valence-corrected chi connectivity index (χ2v) is 21.3. The molecule has 15 heteroatoms. The van der Waals surface area contributed by atoms with E-state index in [1.807, 2.05) is 12.1 Å². The Morgan fingerprint density at radius 3 is 2.02 bits per heavy atom. The lowest BCUT2D eigenvalue weighted by atomic mass is 9.55. The molecule has 14 nitrogen and oxygen atoms in total. The van der Waals surface area contributed by atoms with Gasteiger partial charge in [-0.2, -0.15) is 0 Å². The Bertz CT molecular complexity index is 1690. The molecule has 5 rings (SSSR count). The van der Waals surface area contributed by atoms with Gasteiger partial charge in [0.2, 0.25) is 5.91 Å². The average Bonchev–Trinajstić information content (AvgIpc) is 3.61. The van der Waals surface area contributed by atoms with Crippen molar-refractivity contribution in [1.82, 2.24) is 0 Å². The molecule has 13 unspecified atom stereocenters. The first-order valence-electron chi connectivity index (χ1n) is 24.8. The normalized spacial score (nSPS) is 30.4. The molecular weight excluding hydrogens is 840 g/mol. The van der Waals surface area contributed by atoms with Gasteiger partial charge in [0.1, 0.15) is 23.9 Å². The van der Waals surface area contributed by atoms with Crippen molar-refractivity contribution in [2.75, 3.05) is 13.2 Å². The molecule has 1 amide bonds. The molecule has 364 valence electrons. The second kappa shape index (κ2) is 24.4. The minimum Gasteiger partial charge on any atom is -0.462 e. The van der Waals surface area contributed by atoms with E-state index in [2.05, 4.69) is 40.7 Å². The van der Waals surface area contributed by atoms with Crippen LogP contribution in [0.1, 0.15) is 174 Å². The Balaban J connectivity index is 1.12. The summed E-state index contributed by atoms with van der Waals surface area (Å²) in [7, 11) is -3.89. The number of aliphatic hydroxyl groups excluding tert-OH is 3. The number of phosphoric acid groups is 1. The number of nitrogens with two attached hydrogens (primary N) is 2. The van der Waals surface area contributed by atoms with Crippen molar-refractivity contribution in [3.05, 3.63) is 29.3 Å². The molecule has 3 saturated carbocycles. The number of amides is 1. The molecule has 1 aromatic rings. The Morgan fingerprint density at radius 2 is 1.44 bits per heavy atom. The predicted molar refractivity (Wildman–Crippen MR) is 244 cm³/mol. The number of aryl methyl sites for hydroxylation is 1. The van der Waals surface area contributed by atoms with E-state index < -0.39 is 62.0 Å². The zero-order valence-electron chi connectivity index (χ0n) is 39.3. The zero-order valence-corrected chi connectivity index (χ0v) is 40.2. The van der Waals surface area contributed by atoms with E-state index in [0.717, 1.165) is 89.9 Å². The Hall–Kier alpha value is -2.58. The molecule has 4 aliphatic rings. The third-order valence-electron chi connectivity index (χ3n) is 15.5. The molecule has 3 fully saturated rings. The van der Waals surface area contributed by atoms with E-state index in [9.17, 15) is 34.3 Å². The lowest BCUT2D eigenvalue weighted by Gasteiger charge is -2.50. The van der Waals surface area contributed by atoms with Crippen LogP contribution in [0.25, 0.3) is 0 Å². The van der Waals surface area contributed by atoms with E-state index in [0.29, 0.717) is 43.1 Å². The first-order valence-corrected chi connectivity index (χ1v) is 26.2. The number of fused-ring (bicyclic) bond motifs is 5. The van der Waals surface area contributed by atoms with E-state index in [1.54, 1.807) is 0 Å². The Morgan fingerprint density at radius 1 is 0.828 bits per heavy atom. The van der Waals surface area contributed by atoms with Gasteiger partial charge in [-0.3, -0.25) is 23.4 Å². The van der Waals surface area contributed by atoms with Crippen molar-refractivity contribution >= 4 is 25.7 Å². The first kappa shape index (κ1) is 52.4. The molecule has 0 aliphatic heterocycles. The molecule has 7 N–H and O–H groups in total. The van der Waals surface area contributed by atoms with Crippen LogP contribution in [0.3, 0.4) is 0 Å². The van der Waals surface area contributed by atoms with Crippen molar-refractivity contribution in [3.63, 3.8) is 0 Å². The molecule has 0 bridgehead atoms. The van der Waals surface area contributed by atoms with Crippen molar-refractivity contribution in [3.8, 4) is 5.75 Å². The standard InChI is InChI=1S/C49H81N2O12P/c1-6-10-12-31(8-3)29-59-64(58,60-30-32(9-4)13-11-7-2)63-34-15-17-35-33(28-34)14-16-37-36(35)26-27-49(5)38(37)18-23-43(49)62-45(55)25-21-41(53)40(52)20-24-44(54)61-42-22-19-39(50)47(56)46(42)48(51)57/h15,17,28,31-32,36-43,46-47,52-53,56H,6-14,16,18-27,29-30,50H2,1-5H3,(H2,51,57). The molecule has 0 spiro atoms. The summed E-state index contributed by atoms with van der Waals surface area (Å²) < 4.78 is 44.3. The van der Waals surface area contributed by atoms with Crippen molar-refractivity contribution < 1.29 is 57.3 Å². The fourth-order valence-corrected chi connectivity index (χ4v) is 12.5. The smallest absolute Gasteiger partial charge is 0.462 e. The average molecular weight is 921 g/mol. The lowest BCUT2D eigenvalue weighted by Crippen LogP contribution is -2.55. The zero-order chi connectivity index (χ0) is 46.6. The van der Waals surface area contributed by atoms with Crippen molar-refractivity contribution in [2.45, 2.75) is 206 Å². The number of carbonyl (C=O) groups is 3. The number of hydrogen-bond donors (Lipinski definition) is 5. The predicted octanol–water partition coefficient (Wildman–Crippen LogP) is 8.18. The van der Waals surface area contributed by atoms with E-state index >= 15 is 0 Å². The highest BCUT2D eigenvalue weighted by molar-refractivity contribution is 7.48. The molecular formula is C49H81N2O12P. The summed E-state index contributed by atoms with van der Waals surface area (Å²) in [5.74, 6) is -0.775. The van der Waals surface area contributed by atoms with Crippen LogP contribution in [0.4, 0.5) is 0 Å². The summed E-state index contributed by atoms with van der Waals surface area (Å²) in [4.78, 5) is 37.7. The Kier molecular flexibility index (Phi) is 20.0. The number of ether oxygens (including phenoxy) is 2. The highest BCUT2D eigenvalue weighted by Crippen LogP contribution is 2.62. The maximum Gasteiger partial charge on any atom is 0.530 e. The minimum atomic E-state index is -3.89. The summed E-state index contributed by atoms with van der Waals surface area (Å²) >= 11 is 0. The van der Waals surface area contributed by atoms with Gasteiger partial charge in [0.25, 0.3) is 0 Å². The van der Waals surface area contributed by atoms with Crippen LogP contribution in [0.5, 0.6) is 5.75 Å². The van der Waals surface area contributed by atoms with Crippen LogP contribution in [-0.2, 0) is 43.9 Å². The molecule has 0 aromatic heterocycles. The van der Waals surface area contributed by atoms with Gasteiger partial charge in [0, 0.05) is 24.3 Å². The second-order valence-electron chi connectivity index (χ2n) is 19.7. The SMILES string of the molecule is CCCCC(CC)COP(=O)(OCC(CC)CCCC)Oc1ccc2c(c1)CCC1C2CCC2(C)C(OC(=O)CCC(O)C(O)CCC(=O)OC3CCC(N)C(O)C3C(N)=O)CCC12. The van der Waals surface area contributed by atoms with E-state index in [1.165, 1.54) is 11.1 Å². The fourth-order valence-electron chi connectivity index (χ4n) is 11.2. The number of hydrogen-bond acceptors (Lipinski definition) is 13. The largest absolute Gasteiger partial charge is 0.530 e. The molecule has 0 heterocycles. The number of rotatable bonds is 26. The van der Waals surface area contributed by atoms with Gasteiger partial charge < -0.3 is 40.8 Å². The summed E-state index contributed by atoms with van der Waals surface area (Å²) in [6, 6.07) is 5.46. The quantitative estimate of drug-likeness (QED) is 0.0437. The number of esters is 2. The first-order chi connectivity index (χ1) is 30.6. The van der Waals surface area contributed by atoms with Gasteiger partial charge in [-0.15, -0.1) is 0 Å². The topological polar surface area (TPSA) is 227 Å². The Labute approximate surface area is 382 Å². The molecule has 0 saturated heterocycles. The monoisotopic (exact) mass is 921 g/mol. The van der Waals surface area contributed by atoms with E-state index in [4.69, 9.17) is 34.5 Å². The number of aliphatic hydroxyl groups is 3. The van der Waals surface area contributed by atoms with Crippen LogP contribution in [0.2, 0.25) is 0 Å². The maximum atomic E-state index is 14.3. The van der Waals surface area contributed by atoms with Crippen LogP contribution in [-0.4, -0.2) is 82.9 Å². The maximum absolute atomic E-state index is 14.3. The summed E-state index contributed by atoms with van der Waals surface area (Å²) in [5, 5.41) is 31.6. The number of unbranched alkanes of at least 4 members (excludes halogenated alkanes) is 2. The molecule has 1 aromatic carbocycles. The fraction of sp³-hybridized carbons (Fsp3) is 0.816. The van der Waals surface area contributed by atoms with Gasteiger partial charge in [0.05, 0.1) is 31.5 Å². The van der Waals surface area contributed by atoms with Crippen LogP contribution >= 0.6 is 7.82 Å². The van der Waals surface area contributed by atoms with Crippen LogP contribution in [0.15, 0.2) is 18.2 Å². The summed E-state index contributed by atoms with van der Waals surface area (Å²) in [6.45, 7) is 11.6. The number of carbonyl (C=O) groups excluding carboxylic acids is 3. The summed E-state index contributed by atoms with van der Waals surface area (Å²) in [5.41, 5.74) is 13.6. The minimum absolute atomic E-state index is 0.0321. The van der Waals surface area contributed by atoms with E-state index in [-0.39, 0.29) is 55.5 Å². The lowest BCUT2D eigenvalue weighted by molar-refractivity contribution is -0.163. The third kappa shape index (κ3) is 13.5. The number of phosphoric ester groups is 1. The van der Waals surface area contributed by atoms with Gasteiger partial charge in [-0.1, -0.05) is 79.2 Å². The highest BCUT2D eigenvalue weighted by atomic mass is 31.2. The third-order valence-corrected chi connectivity index (χ3v) is 16.8. The van der Waals surface area contributed by atoms with Gasteiger partial charge in [0.15, 0.2) is 0 Å². The molecule has 64 heavy (non-hydrogen) atoms. The molecule has 13 atom stereocenters. The highest BCUT2D eigenvalue weighted by Gasteiger charge is 2.56. The molecule has 0 radical (unpaired) electrons. The van der Waals surface area contributed by atoms with Gasteiger partial charge >= 0.3 is 19.8 Å². The summed E-state index contributed by atoms with van der Waals surface area (Å²) in [6.07, 6.45) is 8.98. The van der Waals surface area contributed by atoms with Crippen molar-refractivity contribution in [2.24, 2.45) is 46.5 Å². The van der Waals surface area contributed by atoms with Crippen molar-refractivity contribution in [1.29, 1.82) is 0 Å². The van der Waals surface area contributed by atoms with Crippen LogP contribution in [0, 0.1) is 35.0 Å². The van der Waals surface area contributed by atoms with Gasteiger partial charge in [-0.25, -0.2) is 4.57 Å².